The van der Waals surface area contributed by atoms with Gasteiger partial charge < -0.3 is 4.90 Å². The molecule has 4 heteroatoms. The zero-order chi connectivity index (χ0) is 11.4. The first-order chi connectivity index (χ1) is 7.79. The Bertz CT molecular complexity index is 347. The summed E-state index contributed by atoms with van der Waals surface area (Å²) in [7, 11) is 1.81. The largest absolute Gasteiger partial charge is 0.324 e. The van der Waals surface area contributed by atoms with Gasteiger partial charge in [-0.25, -0.2) is 4.79 Å². The van der Waals surface area contributed by atoms with E-state index >= 15 is 0 Å². The van der Waals surface area contributed by atoms with Crippen molar-refractivity contribution in [1.82, 2.24) is 9.88 Å². The standard InChI is InChI=1S/C12H17N3O/c1-14(11-5-7-13-8-6-11)12(16)15-9-3-2-4-10-15/h5-8H,2-4,9-10H2,1H3. The number of anilines is 1. The molecule has 0 spiro atoms. The molecular weight excluding hydrogens is 202 g/mol. The molecule has 1 aliphatic heterocycles. The van der Waals surface area contributed by atoms with Crippen molar-refractivity contribution in [3.8, 4) is 0 Å². The highest BCUT2D eigenvalue weighted by Gasteiger charge is 2.20. The van der Waals surface area contributed by atoms with Gasteiger partial charge in [0.25, 0.3) is 0 Å². The Labute approximate surface area is 95.9 Å². The molecule has 0 bridgehead atoms. The summed E-state index contributed by atoms with van der Waals surface area (Å²) in [5.41, 5.74) is 0.894. The van der Waals surface area contributed by atoms with Crippen molar-refractivity contribution in [1.29, 1.82) is 0 Å². The van der Waals surface area contributed by atoms with Gasteiger partial charge in [0.15, 0.2) is 0 Å². The average molecular weight is 219 g/mol. The molecule has 0 aliphatic carbocycles. The number of carbonyl (C=O) groups excluding carboxylic acids is 1. The van der Waals surface area contributed by atoms with Crippen LogP contribution in [0.4, 0.5) is 10.5 Å². The van der Waals surface area contributed by atoms with E-state index in [1.165, 1.54) is 6.42 Å². The van der Waals surface area contributed by atoms with E-state index in [9.17, 15) is 4.79 Å². The Morgan fingerprint density at radius 2 is 1.88 bits per heavy atom. The van der Waals surface area contributed by atoms with E-state index < -0.39 is 0 Å². The minimum atomic E-state index is 0.0888. The van der Waals surface area contributed by atoms with Gasteiger partial charge in [0.2, 0.25) is 0 Å². The van der Waals surface area contributed by atoms with Gasteiger partial charge in [0.05, 0.1) is 0 Å². The lowest BCUT2D eigenvalue weighted by atomic mass is 10.1. The summed E-state index contributed by atoms with van der Waals surface area (Å²) in [5.74, 6) is 0. The fraction of sp³-hybridized carbons (Fsp3) is 0.500. The van der Waals surface area contributed by atoms with Crippen LogP contribution in [0.1, 0.15) is 19.3 Å². The van der Waals surface area contributed by atoms with Gasteiger partial charge in [-0.1, -0.05) is 0 Å². The van der Waals surface area contributed by atoms with Gasteiger partial charge in [0.1, 0.15) is 0 Å². The third-order valence-electron chi connectivity index (χ3n) is 2.96. The van der Waals surface area contributed by atoms with Crippen molar-refractivity contribution in [2.45, 2.75) is 19.3 Å². The number of nitrogens with zero attached hydrogens (tertiary/aromatic N) is 3. The molecule has 1 saturated heterocycles. The number of likely N-dealkylation sites (tertiary alicyclic amines) is 1. The minimum Gasteiger partial charge on any atom is -0.324 e. The molecule has 1 aliphatic rings. The van der Waals surface area contributed by atoms with Crippen LogP contribution in [0.15, 0.2) is 24.5 Å². The molecule has 1 fully saturated rings. The van der Waals surface area contributed by atoms with E-state index in [4.69, 9.17) is 0 Å². The predicted octanol–water partition coefficient (Wildman–Crippen LogP) is 2.12. The molecule has 86 valence electrons. The third-order valence-corrected chi connectivity index (χ3v) is 2.96. The number of hydrogen-bond acceptors (Lipinski definition) is 2. The smallest absolute Gasteiger partial charge is 0.324 e. The number of urea groups is 1. The molecule has 16 heavy (non-hydrogen) atoms. The predicted molar refractivity (Wildman–Crippen MR) is 63.5 cm³/mol. The summed E-state index contributed by atoms with van der Waals surface area (Å²) in [6, 6.07) is 3.79. The summed E-state index contributed by atoms with van der Waals surface area (Å²) >= 11 is 0. The van der Waals surface area contributed by atoms with Gasteiger partial charge >= 0.3 is 6.03 Å². The third kappa shape index (κ3) is 2.32. The van der Waals surface area contributed by atoms with E-state index in [0.29, 0.717) is 0 Å². The highest BCUT2D eigenvalue weighted by molar-refractivity contribution is 5.91. The van der Waals surface area contributed by atoms with E-state index in [0.717, 1.165) is 31.6 Å². The van der Waals surface area contributed by atoms with Crippen molar-refractivity contribution in [3.63, 3.8) is 0 Å². The highest BCUT2D eigenvalue weighted by Crippen LogP contribution is 2.15. The lowest BCUT2D eigenvalue weighted by Crippen LogP contribution is -2.43. The number of piperidine rings is 1. The van der Waals surface area contributed by atoms with Crippen molar-refractivity contribution in [2.24, 2.45) is 0 Å². The first-order valence-corrected chi connectivity index (χ1v) is 5.72. The van der Waals surface area contributed by atoms with E-state index in [1.54, 1.807) is 17.3 Å². The average Bonchev–Trinajstić information content (AvgIpc) is 2.39. The molecule has 4 nitrogen and oxygen atoms in total. The Morgan fingerprint density at radius 1 is 1.25 bits per heavy atom. The zero-order valence-electron chi connectivity index (χ0n) is 9.59. The number of amides is 2. The Balaban J connectivity index is 2.04. The monoisotopic (exact) mass is 219 g/mol. The molecule has 0 radical (unpaired) electrons. The van der Waals surface area contributed by atoms with Crippen LogP contribution in [0.25, 0.3) is 0 Å². The van der Waals surface area contributed by atoms with Crippen molar-refractivity contribution >= 4 is 11.7 Å². The molecule has 1 aromatic rings. The minimum absolute atomic E-state index is 0.0888. The molecule has 1 aromatic heterocycles. The summed E-state index contributed by atoms with van der Waals surface area (Å²) in [6.45, 7) is 1.77. The summed E-state index contributed by atoms with van der Waals surface area (Å²) in [6.07, 6.45) is 6.89. The maximum atomic E-state index is 12.1. The van der Waals surface area contributed by atoms with Crippen LogP contribution in [0, 0.1) is 0 Å². The fourth-order valence-electron chi connectivity index (χ4n) is 1.98. The first-order valence-electron chi connectivity index (χ1n) is 5.72. The SMILES string of the molecule is CN(C(=O)N1CCCCC1)c1ccncc1. The highest BCUT2D eigenvalue weighted by atomic mass is 16.2. The second-order valence-electron chi connectivity index (χ2n) is 4.09. The quantitative estimate of drug-likeness (QED) is 0.725. The van der Waals surface area contributed by atoms with Crippen LogP contribution >= 0.6 is 0 Å². The fourth-order valence-corrected chi connectivity index (χ4v) is 1.98. The zero-order valence-corrected chi connectivity index (χ0v) is 9.59. The lowest BCUT2D eigenvalue weighted by Gasteiger charge is -2.30. The molecule has 2 rings (SSSR count). The van der Waals surface area contributed by atoms with Gasteiger partial charge in [-0.2, -0.15) is 0 Å². The molecule has 0 aromatic carbocycles. The molecule has 0 N–H and O–H groups in total. The number of rotatable bonds is 1. The topological polar surface area (TPSA) is 36.4 Å². The molecular formula is C12H17N3O. The van der Waals surface area contributed by atoms with E-state index in [2.05, 4.69) is 4.98 Å². The molecule has 2 amide bonds. The van der Waals surface area contributed by atoms with Crippen LogP contribution in [0.2, 0.25) is 0 Å². The lowest BCUT2D eigenvalue weighted by molar-refractivity contribution is 0.194. The van der Waals surface area contributed by atoms with Gasteiger partial charge in [-0.15, -0.1) is 0 Å². The molecule has 0 saturated carbocycles. The number of hydrogen-bond donors (Lipinski definition) is 0. The summed E-state index contributed by atoms with van der Waals surface area (Å²) in [4.78, 5) is 19.7. The maximum absolute atomic E-state index is 12.1. The second kappa shape index (κ2) is 4.96. The van der Waals surface area contributed by atoms with Crippen LogP contribution in [-0.2, 0) is 0 Å². The van der Waals surface area contributed by atoms with Crippen LogP contribution < -0.4 is 4.90 Å². The molecule has 2 heterocycles. The van der Waals surface area contributed by atoms with E-state index in [-0.39, 0.29) is 6.03 Å². The van der Waals surface area contributed by atoms with Crippen LogP contribution in [0.3, 0.4) is 0 Å². The molecule has 0 unspecified atom stereocenters. The number of pyridine rings is 1. The van der Waals surface area contributed by atoms with Gasteiger partial charge in [-0.3, -0.25) is 9.88 Å². The summed E-state index contributed by atoms with van der Waals surface area (Å²) < 4.78 is 0. The number of aromatic nitrogens is 1. The number of carbonyl (C=O) groups is 1. The van der Waals surface area contributed by atoms with E-state index in [1.807, 2.05) is 24.1 Å². The van der Waals surface area contributed by atoms with Crippen molar-refractivity contribution in [2.75, 3.05) is 25.0 Å². The maximum Gasteiger partial charge on any atom is 0.324 e. The van der Waals surface area contributed by atoms with Crippen LogP contribution in [0.5, 0.6) is 0 Å². The Kier molecular flexibility index (Phi) is 3.39. The molecule has 0 atom stereocenters. The van der Waals surface area contributed by atoms with Gasteiger partial charge in [-0.05, 0) is 31.4 Å². The van der Waals surface area contributed by atoms with Crippen molar-refractivity contribution in [3.05, 3.63) is 24.5 Å². The van der Waals surface area contributed by atoms with Crippen LogP contribution in [-0.4, -0.2) is 36.1 Å². The van der Waals surface area contributed by atoms with Crippen molar-refractivity contribution < 1.29 is 4.79 Å². The first kappa shape index (κ1) is 10.9. The normalized spacial score (nSPS) is 15.9. The second-order valence-corrected chi connectivity index (χ2v) is 4.09. The Morgan fingerprint density at radius 3 is 2.50 bits per heavy atom. The van der Waals surface area contributed by atoms with Gasteiger partial charge in [0, 0.05) is 38.2 Å². The summed E-state index contributed by atoms with van der Waals surface area (Å²) in [5, 5.41) is 0. The Hall–Kier alpha value is -1.58.